The standard InChI is InChI=1S/C12H27N5/c1-5-11-9-16(4)7-6-8-17(11)12(15-13)14-10(2)3/h10-11H,5-9,13H2,1-4H3,(H,14,15). The molecule has 0 radical (unpaired) electrons. The van der Waals surface area contributed by atoms with Crippen LogP contribution in [0.25, 0.3) is 0 Å². The van der Waals surface area contributed by atoms with Gasteiger partial charge in [-0.15, -0.1) is 0 Å². The summed E-state index contributed by atoms with van der Waals surface area (Å²) in [5.41, 5.74) is 2.77. The molecule has 1 rings (SSSR count). The van der Waals surface area contributed by atoms with E-state index in [1.807, 2.05) is 0 Å². The zero-order valence-electron chi connectivity index (χ0n) is 11.6. The lowest BCUT2D eigenvalue weighted by atomic mass is 10.2. The fourth-order valence-electron chi connectivity index (χ4n) is 2.31. The molecule has 1 unspecified atom stereocenters. The Bertz CT molecular complexity index is 251. The van der Waals surface area contributed by atoms with Crippen LogP contribution < -0.4 is 11.3 Å². The van der Waals surface area contributed by atoms with Gasteiger partial charge in [-0.05, 0) is 40.3 Å². The van der Waals surface area contributed by atoms with Gasteiger partial charge in [0.25, 0.3) is 0 Å². The van der Waals surface area contributed by atoms with Crippen LogP contribution in [0.1, 0.15) is 33.6 Å². The van der Waals surface area contributed by atoms with Crippen LogP contribution >= 0.6 is 0 Å². The quantitative estimate of drug-likeness (QED) is 0.322. The van der Waals surface area contributed by atoms with Crippen LogP contribution in [0.15, 0.2) is 4.99 Å². The Balaban J connectivity index is 2.83. The van der Waals surface area contributed by atoms with E-state index in [0.29, 0.717) is 6.04 Å². The van der Waals surface area contributed by atoms with Crippen LogP contribution in [0.4, 0.5) is 0 Å². The molecule has 0 amide bonds. The monoisotopic (exact) mass is 241 g/mol. The van der Waals surface area contributed by atoms with Crippen molar-refractivity contribution in [1.29, 1.82) is 0 Å². The van der Waals surface area contributed by atoms with Crippen LogP contribution in [0.5, 0.6) is 0 Å². The fraction of sp³-hybridized carbons (Fsp3) is 0.917. The molecule has 1 heterocycles. The number of nitrogens with zero attached hydrogens (tertiary/aromatic N) is 3. The maximum absolute atomic E-state index is 5.62. The smallest absolute Gasteiger partial charge is 0.208 e. The second-order valence-corrected chi connectivity index (χ2v) is 5.06. The van der Waals surface area contributed by atoms with Crippen molar-refractivity contribution in [2.45, 2.75) is 45.7 Å². The molecule has 0 aromatic heterocycles. The minimum absolute atomic E-state index is 0.263. The van der Waals surface area contributed by atoms with Crippen molar-refractivity contribution in [3.63, 3.8) is 0 Å². The van der Waals surface area contributed by atoms with Crippen molar-refractivity contribution in [2.75, 3.05) is 26.7 Å². The SMILES string of the molecule is CCC1CN(C)CCCN1C(=NC(C)C)NN. The number of likely N-dealkylation sites (N-methyl/N-ethyl adjacent to an activating group) is 1. The number of hydrogen-bond acceptors (Lipinski definition) is 3. The molecule has 0 aromatic carbocycles. The van der Waals surface area contributed by atoms with Crippen molar-refractivity contribution in [3.8, 4) is 0 Å². The molecule has 0 aromatic rings. The number of guanidine groups is 1. The van der Waals surface area contributed by atoms with Crippen molar-refractivity contribution < 1.29 is 0 Å². The maximum Gasteiger partial charge on any atom is 0.208 e. The number of hydrazine groups is 1. The third kappa shape index (κ3) is 4.16. The average molecular weight is 241 g/mol. The van der Waals surface area contributed by atoms with E-state index in [0.717, 1.165) is 38.4 Å². The lowest BCUT2D eigenvalue weighted by Crippen LogP contribution is -2.51. The Hall–Kier alpha value is -0.810. The molecule has 5 nitrogen and oxygen atoms in total. The number of nitrogens with one attached hydrogen (secondary N) is 1. The van der Waals surface area contributed by atoms with Gasteiger partial charge in [-0.25, -0.2) is 10.8 Å². The highest BCUT2D eigenvalue weighted by molar-refractivity contribution is 5.80. The molecule has 0 aliphatic carbocycles. The third-order valence-corrected chi connectivity index (χ3v) is 3.15. The Kier molecular flexibility index (Phi) is 5.71. The summed E-state index contributed by atoms with van der Waals surface area (Å²) in [6, 6.07) is 0.760. The number of rotatable bonds is 2. The van der Waals surface area contributed by atoms with Gasteiger partial charge in [0.1, 0.15) is 0 Å². The summed E-state index contributed by atoms with van der Waals surface area (Å²) >= 11 is 0. The molecule has 1 fully saturated rings. The molecular formula is C12H27N5. The summed E-state index contributed by atoms with van der Waals surface area (Å²) in [6.45, 7) is 9.62. The van der Waals surface area contributed by atoms with Crippen molar-refractivity contribution in [3.05, 3.63) is 0 Å². The first-order chi connectivity index (χ1) is 8.08. The highest BCUT2D eigenvalue weighted by atomic mass is 15.4. The van der Waals surface area contributed by atoms with Crippen LogP contribution in [-0.2, 0) is 0 Å². The number of nitrogens with two attached hydrogens (primary N) is 1. The van der Waals surface area contributed by atoms with E-state index in [4.69, 9.17) is 5.84 Å². The highest BCUT2D eigenvalue weighted by Crippen LogP contribution is 2.12. The van der Waals surface area contributed by atoms with Gasteiger partial charge in [0.15, 0.2) is 0 Å². The topological polar surface area (TPSA) is 56.9 Å². The molecule has 1 saturated heterocycles. The molecule has 5 heteroatoms. The summed E-state index contributed by atoms with van der Waals surface area (Å²) in [4.78, 5) is 9.28. The largest absolute Gasteiger partial charge is 0.338 e. The van der Waals surface area contributed by atoms with Crippen molar-refractivity contribution in [2.24, 2.45) is 10.8 Å². The maximum atomic E-state index is 5.62. The van der Waals surface area contributed by atoms with E-state index in [1.165, 1.54) is 0 Å². The molecule has 100 valence electrons. The Labute approximate surface area is 105 Å². The van der Waals surface area contributed by atoms with Gasteiger partial charge in [-0.1, -0.05) is 6.92 Å². The van der Waals surface area contributed by atoms with Gasteiger partial charge in [0, 0.05) is 25.2 Å². The molecular weight excluding hydrogens is 214 g/mol. The fourth-order valence-corrected chi connectivity index (χ4v) is 2.31. The highest BCUT2D eigenvalue weighted by Gasteiger charge is 2.24. The molecule has 1 aliphatic heterocycles. The average Bonchev–Trinajstić information content (AvgIpc) is 2.47. The minimum atomic E-state index is 0.263. The second kappa shape index (κ2) is 6.81. The Morgan fingerprint density at radius 1 is 1.47 bits per heavy atom. The predicted octanol–water partition coefficient (Wildman–Crippen LogP) is 0.630. The lowest BCUT2D eigenvalue weighted by Gasteiger charge is -2.32. The van der Waals surface area contributed by atoms with Gasteiger partial charge in [-0.2, -0.15) is 0 Å². The normalized spacial score (nSPS) is 24.0. The predicted molar refractivity (Wildman–Crippen MR) is 72.8 cm³/mol. The van der Waals surface area contributed by atoms with Gasteiger partial charge in [0.2, 0.25) is 5.96 Å². The third-order valence-electron chi connectivity index (χ3n) is 3.15. The summed E-state index contributed by atoms with van der Waals surface area (Å²) in [5, 5.41) is 0. The summed E-state index contributed by atoms with van der Waals surface area (Å²) in [5.74, 6) is 6.45. The first-order valence-corrected chi connectivity index (χ1v) is 6.58. The van der Waals surface area contributed by atoms with Crippen LogP contribution in [-0.4, -0.2) is 54.5 Å². The molecule has 17 heavy (non-hydrogen) atoms. The van der Waals surface area contributed by atoms with Crippen LogP contribution in [0.3, 0.4) is 0 Å². The molecule has 0 bridgehead atoms. The minimum Gasteiger partial charge on any atom is -0.338 e. The Morgan fingerprint density at radius 3 is 2.71 bits per heavy atom. The zero-order chi connectivity index (χ0) is 12.8. The zero-order valence-corrected chi connectivity index (χ0v) is 11.6. The van der Waals surface area contributed by atoms with E-state index >= 15 is 0 Å². The van der Waals surface area contributed by atoms with E-state index in [2.05, 4.69) is 48.0 Å². The summed E-state index contributed by atoms with van der Waals surface area (Å²) in [6.07, 6.45) is 2.27. The van der Waals surface area contributed by atoms with Crippen LogP contribution in [0.2, 0.25) is 0 Å². The first-order valence-electron chi connectivity index (χ1n) is 6.58. The molecule has 0 spiro atoms. The number of aliphatic imine (C=N–C) groups is 1. The lowest BCUT2D eigenvalue weighted by molar-refractivity contribution is 0.258. The van der Waals surface area contributed by atoms with Crippen molar-refractivity contribution in [1.82, 2.24) is 15.2 Å². The van der Waals surface area contributed by atoms with Gasteiger partial charge >= 0.3 is 0 Å². The van der Waals surface area contributed by atoms with E-state index in [9.17, 15) is 0 Å². The molecule has 1 atom stereocenters. The van der Waals surface area contributed by atoms with Gasteiger partial charge in [-0.3, -0.25) is 5.43 Å². The second-order valence-electron chi connectivity index (χ2n) is 5.06. The van der Waals surface area contributed by atoms with E-state index in [1.54, 1.807) is 0 Å². The molecule has 3 N–H and O–H groups in total. The Morgan fingerprint density at radius 2 is 2.18 bits per heavy atom. The summed E-state index contributed by atoms with van der Waals surface area (Å²) in [7, 11) is 2.18. The molecule has 0 saturated carbocycles. The van der Waals surface area contributed by atoms with Gasteiger partial charge < -0.3 is 9.80 Å². The molecule has 1 aliphatic rings. The summed E-state index contributed by atoms with van der Waals surface area (Å²) < 4.78 is 0. The van der Waals surface area contributed by atoms with Gasteiger partial charge in [0.05, 0.1) is 0 Å². The van der Waals surface area contributed by atoms with Crippen LogP contribution in [0, 0.1) is 0 Å². The first kappa shape index (κ1) is 14.3. The van der Waals surface area contributed by atoms with E-state index in [-0.39, 0.29) is 6.04 Å². The van der Waals surface area contributed by atoms with E-state index < -0.39 is 0 Å². The number of hydrogen-bond donors (Lipinski definition) is 2. The van der Waals surface area contributed by atoms with Crippen molar-refractivity contribution >= 4 is 5.96 Å².